The normalized spacial score (nSPS) is 15.5. The van der Waals surface area contributed by atoms with Gasteiger partial charge in [-0.05, 0) is 18.1 Å². The molecule has 0 aliphatic carbocycles. The number of rotatable bonds is 3. The highest BCUT2D eigenvalue weighted by atomic mass is 16.3. The highest BCUT2D eigenvalue weighted by molar-refractivity contribution is 5.19. The number of nitrogens with two attached hydrogens (primary N) is 1. The average molecular weight is 196 g/mol. The van der Waals surface area contributed by atoms with Crippen LogP contribution in [0.3, 0.4) is 0 Å². The molecule has 4 heteroatoms. The molecular formula is C10H16N2O2. The van der Waals surface area contributed by atoms with Crippen LogP contribution in [0.2, 0.25) is 0 Å². The fraction of sp³-hybridized carbons (Fsp3) is 0.500. The molecule has 1 aromatic heterocycles. The lowest BCUT2D eigenvalue weighted by atomic mass is 9.97. The zero-order chi connectivity index (χ0) is 10.7. The monoisotopic (exact) mass is 196 g/mol. The van der Waals surface area contributed by atoms with Crippen molar-refractivity contribution in [2.75, 3.05) is 0 Å². The Hall–Kier alpha value is -1.13. The quantitative estimate of drug-likeness (QED) is 0.668. The second-order valence-electron chi connectivity index (χ2n) is 3.71. The van der Waals surface area contributed by atoms with E-state index in [0.29, 0.717) is 5.69 Å². The highest BCUT2D eigenvalue weighted by Crippen LogP contribution is 2.19. The Kier molecular flexibility index (Phi) is 3.43. The summed E-state index contributed by atoms with van der Waals surface area (Å²) < 4.78 is 0. The van der Waals surface area contributed by atoms with Crippen molar-refractivity contribution < 1.29 is 10.2 Å². The van der Waals surface area contributed by atoms with E-state index in [2.05, 4.69) is 4.98 Å². The number of hydrogen-bond acceptors (Lipinski definition) is 4. The maximum atomic E-state index is 9.78. The molecule has 0 fully saturated rings. The third-order valence-electron chi connectivity index (χ3n) is 2.21. The van der Waals surface area contributed by atoms with Gasteiger partial charge in [0.1, 0.15) is 11.9 Å². The van der Waals surface area contributed by atoms with E-state index in [1.165, 1.54) is 12.3 Å². The lowest BCUT2D eigenvalue weighted by molar-refractivity contribution is 0.121. The van der Waals surface area contributed by atoms with Crippen molar-refractivity contribution in [2.45, 2.75) is 26.0 Å². The Morgan fingerprint density at radius 1 is 1.36 bits per heavy atom. The minimum Gasteiger partial charge on any atom is -0.506 e. The van der Waals surface area contributed by atoms with Crippen LogP contribution in [0.25, 0.3) is 0 Å². The van der Waals surface area contributed by atoms with Crippen LogP contribution >= 0.6 is 0 Å². The molecule has 0 radical (unpaired) electrons. The summed E-state index contributed by atoms with van der Waals surface area (Å²) >= 11 is 0. The van der Waals surface area contributed by atoms with Crippen LogP contribution in [0.5, 0.6) is 5.75 Å². The van der Waals surface area contributed by atoms with Crippen LogP contribution in [0, 0.1) is 5.92 Å². The summed E-state index contributed by atoms with van der Waals surface area (Å²) in [6, 6.07) is 2.72. The van der Waals surface area contributed by atoms with Crippen molar-refractivity contribution in [3.63, 3.8) is 0 Å². The minimum absolute atomic E-state index is 0.0825. The summed E-state index contributed by atoms with van der Waals surface area (Å²) in [5.41, 5.74) is 6.27. The molecule has 0 spiro atoms. The lowest BCUT2D eigenvalue weighted by Crippen LogP contribution is -2.33. The van der Waals surface area contributed by atoms with E-state index in [0.717, 1.165) is 0 Å². The SMILES string of the molecule is CC(C)[C@@H](N)[C@@H](O)c1ccc(O)cn1. The van der Waals surface area contributed by atoms with Gasteiger partial charge in [-0.1, -0.05) is 13.8 Å². The molecule has 0 aliphatic rings. The van der Waals surface area contributed by atoms with Crippen LogP contribution in [0.4, 0.5) is 0 Å². The Labute approximate surface area is 83.4 Å². The Morgan fingerprint density at radius 3 is 2.43 bits per heavy atom. The molecule has 0 aromatic carbocycles. The zero-order valence-electron chi connectivity index (χ0n) is 8.38. The van der Waals surface area contributed by atoms with Gasteiger partial charge in [0.25, 0.3) is 0 Å². The van der Waals surface area contributed by atoms with Crippen LogP contribution < -0.4 is 5.73 Å². The maximum Gasteiger partial charge on any atom is 0.133 e. The molecule has 0 unspecified atom stereocenters. The minimum atomic E-state index is -0.782. The Morgan fingerprint density at radius 2 is 2.00 bits per heavy atom. The first-order valence-corrected chi connectivity index (χ1v) is 4.61. The summed E-state index contributed by atoms with van der Waals surface area (Å²) in [5, 5.41) is 18.8. The van der Waals surface area contributed by atoms with E-state index in [1.54, 1.807) is 6.07 Å². The van der Waals surface area contributed by atoms with Crippen molar-refractivity contribution in [2.24, 2.45) is 11.7 Å². The van der Waals surface area contributed by atoms with E-state index >= 15 is 0 Å². The van der Waals surface area contributed by atoms with Crippen molar-refractivity contribution >= 4 is 0 Å². The van der Waals surface area contributed by atoms with E-state index < -0.39 is 6.10 Å². The van der Waals surface area contributed by atoms with Crippen molar-refractivity contribution in [1.29, 1.82) is 0 Å². The van der Waals surface area contributed by atoms with Crippen LogP contribution in [0.1, 0.15) is 25.6 Å². The Balaban J connectivity index is 2.78. The first kappa shape index (κ1) is 10.9. The van der Waals surface area contributed by atoms with Gasteiger partial charge in [-0.15, -0.1) is 0 Å². The van der Waals surface area contributed by atoms with Crippen molar-refractivity contribution in [1.82, 2.24) is 4.98 Å². The summed E-state index contributed by atoms with van der Waals surface area (Å²) in [6.45, 7) is 3.88. The van der Waals surface area contributed by atoms with E-state index in [4.69, 9.17) is 10.8 Å². The van der Waals surface area contributed by atoms with Crippen molar-refractivity contribution in [3.05, 3.63) is 24.0 Å². The molecule has 0 saturated heterocycles. The number of hydrogen-bond donors (Lipinski definition) is 3. The molecule has 0 bridgehead atoms. The second kappa shape index (κ2) is 4.39. The largest absolute Gasteiger partial charge is 0.506 e. The molecule has 2 atom stereocenters. The molecule has 78 valence electrons. The van der Waals surface area contributed by atoms with Crippen LogP contribution in [0.15, 0.2) is 18.3 Å². The average Bonchev–Trinajstić information content (AvgIpc) is 2.16. The maximum absolute atomic E-state index is 9.78. The molecular weight excluding hydrogens is 180 g/mol. The van der Waals surface area contributed by atoms with Gasteiger partial charge in [0.05, 0.1) is 11.9 Å². The smallest absolute Gasteiger partial charge is 0.133 e. The fourth-order valence-corrected chi connectivity index (χ4v) is 1.13. The van der Waals surface area contributed by atoms with E-state index in [1.807, 2.05) is 13.8 Å². The molecule has 0 saturated carbocycles. The summed E-state index contributed by atoms with van der Waals surface area (Å²) in [4.78, 5) is 3.90. The molecule has 1 rings (SSSR count). The number of nitrogens with zero attached hydrogens (tertiary/aromatic N) is 1. The van der Waals surface area contributed by atoms with Gasteiger partial charge in [0.15, 0.2) is 0 Å². The standard InChI is InChI=1S/C10H16N2O2/c1-6(2)9(11)10(14)8-4-3-7(13)5-12-8/h3-6,9-10,13-14H,11H2,1-2H3/t9-,10+/m1/s1. The fourth-order valence-electron chi connectivity index (χ4n) is 1.13. The molecule has 1 aromatic rings. The van der Waals surface area contributed by atoms with Crippen molar-refractivity contribution in [3.8, 4) is 5.75 Å². The predicted octanol–water partition coefficient (Wildman–Crippen LogP) is 0.804. The molecule has 0 amide bonds. The topological polar surface area (TPSA) is 79.4 Å². The number of aromatic hydroxyl groups is 1. The Bertz CT molecular complexity index is 285. The third-order valence-corrected chi connectivity index (χ3v) is 2.21. The van der Waals surface area contributed by atoms with Gasteiger partial charge in [-0.25, -0.2) is 0 Å². The van der Waals surface area contributed by atoms with E-state index in [-0.39, 0.29) is 17.7 Å². The van der Waals surface area contributed by atoms with Gasteiger partial charge in [0.2, 0.25) is 0 Å². The van der Waals surface area contributed by atoms with Gasteiger partial charge in [-0.2, -0.15) is 0 Å². The van der Waals surface area contributed by atoms with Gasteiger partial charge >= 0.3 is 0 Å². The van der Waals surface area contributed by atoms with Gasteiger partial charge in [0, 0.05) is 6.04 Å². The summed E-state index contributed by atoms with van der Waals surface area (Å²) in [7, 11) is 0. The summed E-state index contributed by atoms with van der Waals surface area (Å²) in [5.74, 6) is 0.264. The highest BCUT2D eigenvalue weighted by Gasteiger charge is 2.20. The lowest BCUT2D eigenvalue weighted by Gasteiger charge is -2.21. The molecule has 1 heterocycles. The zero-order valence-corrected chi connectivity index (χ0v) is 8.38. The molecule has 14 heavy (non-hydrogen) atoms. The van der Waals surface area contributed by atoms with E-state index in [9.17, 15) is 5.11 Å². The van der Waals surface area contributed by atoms with Crippen LogP contribution in [-0.2, 0) is 0 Å². The molecule has 0 aliphatic heterocycles. The number of aliphatic hydroxyl groups excluding tert-OH is 1. The molecule has 4 N–H and O–H groups in total. The van der Waals surface area contributed by atoms with Crippen LogP contribution in [-0.4, -0.2) is 21.2 Å². The number of pyridine rings is 1. The first-order chi connectivity index (χ1) is 6.52. The summed E-state index contributed by atoms with van der Waals surface area (Å²) in [6.07, 6.45) is 0.515. The van der Waals surface area contributed by atoms with Gasteiger partial charge < -0.3 is 15.9 Å². The van der Waals surface area contributed by atoms with Gasteiger partial charge in [-0.3, -0.25) is 4.98 Å². The third kappa shape index (κ3) is 2.43. The number of aliphatic hydroxyl groups is 1. The first-order valence-electron chi connectivity index (χ1n) is 4.61. The second-order valence-corrected chi connectivity index (χ2v) is 3.71. The molecule has 4 nitrogen and oxygen atoms in total. The predicted molar refractivity (Wildman–Crippen MR) is 53.7 cm³/mol. The number of aromatic nitrogens is 1.